The summed E-state index contributed by atoms with van der Waals surface area (Å²) >= 11 is 0. The van der Waals surface area contributed by atoms with Crippen LogP contribution in [0.2, 0.25) is 0 Å². The molecule has 0 amide bonds. The maximum Gasteiger partial charge on any atom is 0.198 e. The SMILES string of the molecule is Fc1[c]cc(F)c(F)c1F. The van der Waals surface area contributed by atoms with Crippen LogP contribution < -0.4 is 0 Å². The highest BCUT2D eigenvalue weighted by atomic mass is 19.2. The van der Waals surface area contributed by atoms with Gasteiger partial charge in [-0.15, -0.1) is 0 Å². The van der Waals surface area contributed by atoms with Crippen molar-refractivity contribution in [2.45, 2.75) is 0 Å². The third-order valence-electron chi connectivity index (χ3n) is 0.921. The van der Waals surface area contributed by atoms with E-state index in [9.17, 15) is 17.6 Å². The Balaban J connectivity index is 3.34. The van der Waals surface area contributed by atoms with Gasteiger partial charge in [-0.25, -0.2) is 17.6 Å². The molecule has 53 valence electrons. The van der Waals surface area contributed by atoms with E-state index in [0.29, 0.717) is 6.07 Å². The van der Waals surface area contributed by atoms with Crippen molar-refractivity contribution in [3.05, 3.63) is 35.4 Å². The van der Waals surface area contributed by atoms with Gasteiger partial charge in [0.1, 0.15) is 0 Å². The first kappa shape index (κ1) is 7.05. The van der Waals surface area contributed by atoms with E-state index in [2.05, 4.69) is 0 Å². The zero-order valence-corrected chi connectivity index (χ0v) is 4.59. The van der Waals surface area contributed by atoms with Crippen LogP contribution in [0.3, 0.4) is 0 Å². The number of rotatable bonds is 0. The standard InChI is InChI=1S/C6HF4/c7-3-1-2-4(8)6(10)5(3)9/h1H. The van der Waals surface area contributed by atoms with Crippen LogP contribution in [0, 0.1) is 29.3 Å². The second-order valence-electron chi connectivity index (χ2n) is 1.58. The highest BCUT2D eigenvalue weighted by molar-refractivity contribution is 5.09. The first-order valence-corrected chi connectivity index (χ1v) is 2.33. The summed E-state index contributed by atoms with van der Waals surface area (Å²) in [6.45, 7) is 0. The Bertz CT molecular complexity index is 229. The van der Waals surface area contributed by atoms with Gasteiger partial charge in [0, 0.05) is 6.07 Å². The molecule has 0 bridgehead atoms. The number of hydrogen-bond donors (Lipinski definition) is 0. The Hall–Kier alpha value is -1.06. The Labute approximate surface area is 54.1 Å². The van der Waals surface area contributed by atoms with Gasteiger partial charge in [-0.2, -0.15) is 0 Å². The Kier molecular flexibility index (Phi) is 1.61. The molecule has 0 saturated carbocycles. The van der Waals surface area contributed by atoms with Gasteiger partial charge in [0.25, 0.3) is 0 Å². The predicted molar refractivity (Wildman–Crippen MR) is 25.1 cm³/mol. The summed E-state index contributed by atoms with van der Waals surface area (Å²) < 4.78 is 47.8. The van der Waals surface area contributed by atoms with Gasteiger partial charge in [-0.3, -0.25) is 0 Å². The third kappa shape index (κ3) is 0.964. The lowest BCUT2D eigenvalue weighted by molar-refractivity contribution is 0.408. The fourth-order valence-corrected chi connectivity index (χ4v) is 0.455. The van der Waals surface area contributed by atoms with Crippen LogP contribution in [0.25, 0.3) is 0 Å². The molecule has 1 radical (unpaired) electrons. The average molecular weight is 149 g/mol. The van der Waals surface area contributed by atoms with Crippen molar-refractivity contribution < 1.29 is 17.6 Å². The molecule has 4 heteroatoms. The first-order valence-electron chi connectivity index (χ1n) is 2.33. The molecular formula is C6HF4. The summed E-state index contributed by atoms with van der Waals surface area (Å²) in [7, 11) is 0. The fraction of sp³-hybridized carbons (Fsp3) is 0. The van der Waals surface area contributed by atoms with Gasteiger partial charge in [0.15, 0.2) is 23.3 Å². The summed E-state index contributed by atoms with van der Waals surface area (Å²) in [6.07, 6.45) is 0. The number of benzene rings is 1. The monoisotopic (exact) mass is 149 g/mol. The van der Waals surface area contributed by atoms with E-state index in [-0.39, 0.29) is 0 Å². The van der Waals surface area contributed by atoms with Crippen LogP contribution in [0.15, 0.2) is 6.07 Å². The van der Waals surface area contributed by atoms with E-state index in [1.54, 1.807) is 6.07 Å². The summed E-state index contributed by atoms with van der Waals surface area (Å²) in [5.74, 6) is -6.60. The third-order valence-corrected chi connectivity index (χ3v) is 0.921. The molecule has 0 atom stereocenters. The second kappa shape index (κ2) is 2.28. The van der Waals surface area contributed by atoms with Crippen molar-refractivity contribution in [1.29, 1.82) is 0 Å². The van der Waals surface area contributed by atoms with Crippen LogP contribution in [0.5, 0.6) is 0 Å². The molecule has 0 aliphatic carbocycles. The average Bonchev–Trinajstić information content (AvgIpc) is 1.93. The normalized spacial score (nSPS) is 10.0. The maximum atomic E-state index is 12.0. The highest BCUT2D eigenvalue weighted by Crippen LogP contribution is 2.12. The molecule has 0 fully saturated rings. The minimum atomic E-state index is -1.83. The number of hydrogen-bond acceptors (Lipinski definition) is 0. The molecule has 10 heavy (non-hydrogen) atoms. The van der Waals surface area contributed by atoms with E-state index < -0.39 is 23.3 Å². The largest absolute Gasteiger partial charge is 0.204 e. The van der Waals surface area contributed by atoms with Gasteiger partial charge in [-0.05, 0) is 6.07 Å². The first-order chi connectivity index (χ1) is 4.63. The van der Waals surface area contributed by atoms with Gasteiger partial charge in [0.2, 0.25) is 0 Å². The molecule has 0 aliphatic heterocycles. The molecule has 0 unspecified atom stereocenters. The van der Waals surface area contributed by atoms with Crippen LogP contribution >= 0.6 is 0 Å². The summed E-state index contributed by atoms with van der Waals surface area (Å²) in [5.41, 5.74) is 0. The lowest BCUT2D eigenvalue weighted by atomic mass is 10.3. The summed E-state index contributed by atoms with van der Waals surface area (Å²) in [4.78, 5) is 0. The molecule has 1 aromatic carbocycles. The molecule has 0 saturated heterocycles. The molecular weight excluding hydrogens is 148 g/mol. The Morgan fingerprint density at radius 2 is 1.60 bits per heavy atom. The molecule has 0 spiro atoms. The fourth-order valence-electron chi connectivity index (χ4n) is 0.455. The molecule has 1 rings (SSSR count). The van der Waals surface area contributed by atoms with Gasteiger partial charge >= 0.3 is 0 Å². The van der Waals surface area contributed by atoms with Crippen LogP contribution in [0.4, 0.5) is 17.6 Å². The van der Waals surface area contributed by atoms with Crippen molar-refractivity contribution >= 4 is 0 Å². The molecule has 0 heterocycles. The predicted octanol–water partition coefficient (Wildman–Crippen LogP) is 2.04. The Morgan fingerprint density at radius 3 is 2.10 bits per heavy atom. The quantitative estimate of drug-likeness (QED) is 0.301. The van der Waals surface area contributed by atoms with Crippen LogP contribution in [0.1, 0.15) is 0 Å². The van der Waals surface area contributed by atoms with Gasteiger partial charge in [0.05, 0.1) is 0 Å². The van der Waals surface area contributed by atoms with Crippen molar-refractivity contribution in [2.75, 3.05) is 0 Å². The molecule has 0 N–H and O–H groups in total. The minimum Gasteiger partial charge on any atom is -0.204 e. The summed E-state index contributed by atoms with van der Waals surface area (Å²) in [5, 5.41) is 0. The van der Waals surface area contributed by atoms with E-state index in [1.807, 2.05) is 0 Å². The minimum absolute atomic E-state index is 0.397. The summed E-state index contributed by atoms with van der Waals surface area (Å²) in [6, 6.07) is 1.95. The van der Waals surface area contributed by atoms with Crippen molar-refractivity contribution in [3.8, 4) is 0 Å². The van der Waals surface area contributed by atoms with Gasteiger partial charge < -0.3 is 0 Å². The van der Waals surface area contributed by atoms with Crippen LogP contribution in [-0.2, 0) is 0 Å². The lowest BCUT2D eigenvalue weighted by Crippen LogP contribution is -1.93. The van der Waals surface area contributed by atoms with Crippen molar-refractivity contribution in [2.24, 2.45) is 0 Å². The second-order valence-corrected chi connectivity index (χ2v) is 1.58. The van der Waals surface area contributed by atoms with Crippen molar-refractivity contribution in [1.82, 2.24) is 0 Å². The highest BCUT2D eigenvalue weighted by Gasteiger charge is 2.12. The molecule has 1 aromatic rings. The zero-order chi connectivity index (χ0) is 7.72. The van der Waals surface area contributed by atoms with E-state index in [4.69, 9.17) is 0 Å². The zero-order valence-electron chi connectivity index (χ0n) is 4.59. The van der Waals surface area contributed by atoms with E-state index in [0.717, 1.165) is 0 Å². The van der Waals surface area contributed by atoms with E-state index >= 15 is 0 Å². The molecule has 0 aliphatic rings. The molecule has 0 nitrogen and oxygen atoms in total. The lowest BCUT2D eigenvalue weighted by Gasteiger charge is -1.93. The topological polar surface area (TPSA) is 0 Å². The van der Waals surface area contributed by atoms with E-state index in [1.165, 1.54) is 0 Å². The van der Waals surface area contributed by atoms with Gasteiger partial charge in [-0.1, -0.05) is 0 Å². The van der Waals surface area contributed by atoms with Crippen LogP contribution in [-0.4, -0.2) is 0 Å². The number of halogens is 4. The van der Waals surface area contributed by atoms with Crippen molar-refractivity contribution in [3.63, 3.8) is 0 Å². The smallest absolute Gasteiger partial charge is 0.198 e. The maximum absolute atomic E-state index is 12.0. The molecule has 0 aromatic heterocycles. The Morgan fingerprint density at radius 1 is 1.00 bits per heavy atom.